The molecule has 1 aromatic carbocycles. The van der Waals surface area contributed by atoms with Gasteiger partial charge in [0.05, 0.1) is 17.9 Å². The van der Waals surface area contributed by atoms with Gasteiger partial charge in [0.2, 0.25) is 5.91 Å². The van der Waals surface area contributed by atoms with Crippen LogP contribution in [0.25, 0.3) is 22.5 Å². The van der Waals surface area contributed by atoms with Gasteiger partial charge in [0.1, 0.15) is 0 Å². The summed E-state index contributed by atoms with van der Waals surface area (Å²) in [4.78, 5) is 16.0. The van der Waals surface area contributed by atoms with E-state index in [9.17, 15) is 4.79 Å². The molecule has 7 heteroatoms. The van der Waals surface area contributed by atoms with Crippen molar-refractivity contribution in [3.63, 3.8) is 0 Å². The van der Waals surface area contributed by atoms with E-state index in [1.807, 2.05) is 11.7 Å². The molecule has 172 valence electrons. The van der Waals surface area contributed by atoms with Gasteiger partial charge in [-0.15, -0.1) is 0 Å². The zero-order chi connectivity index (χ0) is 23.7. The topological polar surface area (TPSA) is 91.2 Å². The van der Waals surface area contributed by atoms with Crippen LogP contribution in [-0.2, 0) is 18.3 Å². The van der Waals surface area contributed by atoms with Crippen molar-refractivity contribution in [1.29, 1.82) is 5.41 Å². The first-order valence-corrected chi connectivity index (χ1v) is 11.3. The quantitative estimate of drug-likeness (QED) is 0.691. The fraction of sp³-hybridized carbons (Fsp3) is 0.346. The number of nitrogens with two attached hydrogens (primary N) is 1. The molecule has 1 amide bonds. The summed E-state index contributed by atoms with van der Waals surface area (Å²) in [6, 6.07) is 8.43. The monoisotopic (exact) mass is 444 g/mol. The molecule has 0 unspecified atom stereocenters. The number of hydrogen-bond acceptors (Lipinski definition) is 5. The molecule has 1 aromatic heterocycles. The largest absolute Gasteiger partial charge is 0.398 e. The molecule has 0 saturated carbocycles. The Bertz CT molecular complexity index is 1180. The molecular formula is C26H32N6O. The van der Waals surface area contributed by atoms with E-state index in [1.165, 1.54) is 11.8 Å². The van der Waals surface area contributed by atoms with Crippen molar-refractivity contribution >= 4 is 23.4 Å². The van der Waals surface area contributed by atoms with Crippen LogP contribution in [-0.4, -0.2) is 58.9 Å². The van der Waals surface area contributed by atoms with Crippen molar-refractivity contribution in [1.82, 2.24) is 19.6 Å². The lowest BCUT2D eigenvalue weighted by atomic mass is 9.91. The first-order valence-electron chi connectivity index (χ1n) is 11.3. The molecule has 0 saturated heterocycles. The molecule has 33 heavy (non-hydrogen) atoms. The normalized spacial score (nSPS) is 16.1. The number of amides is 1. The van der Waals surface area contributed by atoms with E-state index < -0.39 is 0 Å². The summed E-state index contributed by atoms with van der Waals surface area (Å²) in [7, 11) is 5.52. The second kappa shape index (κ2) is 9.10. The second-order valence-electron chi connectivity index (χ2n) is 9.04. The van der Waals surface area contributed by atoms with Crippen LogP contribution in [0.5, 0.6) is 0 Å². The van der Waals surface area contributed by atoms with E-state index in [-0.39, 0.29) is 5.91 Å². The van der Waals surface area contributed by atoms with Gasteiger partial charge in [-0.2, -0.15) is 5.10 Å². The van der Waals surface area contributed by atoms with E-state index in [2.05, 4.69) is 48.4 Å². The fourth-order valence-corrected chi connectivity index (χ4v) is 4.44. The summed E-state index contributed by atoms with van der Waals surface area (Å²) in [6.07, 6.45) is 8.14. The van der Waals surface area contributed by atoms with E-state index >= 15 is 0 Å². The summed E-state index contributed by atoms with van der Waals surface area (Å²) in [5.41, 5.74) is 15.4. The molecule has 2 aromatic rings. The lowest BCUT2D eigenvalue weighted by Crippen LogP contribution is -2.34. The number of aryl methyl sites for hydroxylation is 2. The summed E-state index contributed by atoms with van der Waals surface area (Å²) < 4.78 is 1.89. The summed E-state index contributed by atoms with van der Waals surface area (Å²) >= 11 is 0. The first kappa shape index (κ1) is 22.6. The Hall–Kier alpha value is -3.61. The minimum absolute atomic E-state index is 0.0939. The highest BCUT2D eigenvalue weighted by atomic mass is 16.2. The van der Waals surface area contributed by atoms with Gasteiger partial charge >= 0.3 is 0 Å². The van der Waals surface area contributed by atoms with Gasteiger partial charge in [-0.25, -0.2) is 0 Å². The third-order valence-corrected chi connectivity index (χ3v) is 6.39. The van der Waals surface area contributed by atoms with Crippen molar-refractivity contribution in [3.8, 4) is 11.3 Å². The van der Waals surface area contributed by atoms with Crippen LogP contribution < -0.4 is 5.73 Å². The maximum absolute atomic E-state index is 12.2. The van der Waals surface area contributed by atoms with Crippen molar-refractivity contribution in [2.75, 3.05) is 27.2 Å². The lowest BCUT2D eigenvalue weighted by molar-refractivity contribution is -0.129. The molecule has 1 aliphatic heterocycles. The Balaban J connectivity index is 1.68. The highest BCUT2D eigenvalue weighted by Gasteiger charge is 2.25. The van der Waals surface area contributed by atoms with Gasteiger partial charge in [-0.3, -0.25) is 9.48 Å². The molecule has 2 aliphatic rings. The van der Waals surface area contributed by atoms with Crippen molar-refractivity contribution in [3.05, 3.63) is 64.5 Å². The van der Waals surface area contributed by atoms with Gasteiger partial charge in [0, 0.05) is 56.9 Å². The lowest BCUT2D eigenvalue weighted by Gasteiger charge is -2.21. The minimum Gasteiger partial charge on any atom is -0.398 e. The third kappa shape index (κ3) is 4.49. The Morgan fingerprint density at radius 1 is 1.18 bits per heavy atom. The average Bonchev–Trinajstić information content (AvgIpc) is 3.02. The number of carbonyl (C=O) groups is 1. The Kier molecular flexibility index (Phi) is 6.22. The van der Waals surface area contributed by atoms with E-state index in [4.69, 9.17) is 16.2 Å². The molecule has 4 rings (SSSR count). The van der Waals surface area contributed by atoms with Crippen LogP contribution in [0.3, 0.4) is 0 Å². The van der Waals surface area contributed by atoms with E-state index in [0.29, 0.717) is 12.2 Å². The highest BCUT2D eigenvalue weighted by Crippen LogP contribution is 2.36. The van der Waals surface area contributed by atoms with Gasteiger partial charge in [0.15, 0.2) is 0 Å². The predicted molar refractivity (Wildman–Crippen MR) is 133 cm³/mol. The summed E-state index contributed by atoms with van der Waals surface area (Å²) in [5, 5.41) is 12.4. The SMILES string of the molecule is CC1=CC(c2ccc(-c3c4c(nn3C)CCC(C=N)=C4N)cc2)=CN(CC(=O)N(C)C)CC1. The number of fused-ring (bicyclic) bond motifs is 1. The minimum atomic E-state index is 0.0939. The van der Waals surface area contributed by atoms with Gasteiger partial charge < -0.3 is 20.9 Å². The summed E-state index contributed by atoms with van der Waals surface area (Å²) in [6.45, 7) is 3.33. The van der Waals surface area contributed by atoms with Gasteiger partial charge in [0.25, 0.3) is 0 Å². The zero-order valence-electron chi connectivity index (χ0n) is 19.9. The number of allylic oxidation sites excluding steroid dienone is 3. The Morgan fingerprint density at radius 3 is 2.55 bits per heavy atom. The Labute approximate surface area is 195 Å². The molecule has 0 atom stereocenters. The molecule has 3 N–H and O–H groups in total. The van der Waals surface area contributed by atoms with E-state index in [0.717, 1.165) is 65.0 Å². The van der Waals surface area contributed by atoms with Crippen molar-refractivity contribution in [2.24, 2.45) is 12.8 Å². The van der Waals surface area contributed by atoms with Crippen LogP contribution in [0.2, 0.25) is 0 Å². The standard InChI is InChI=1S/C26H32N6O/c1-17-11-12-32(16-23(33)30(2)3)15-21(13-17)18-5-7-19(8-6-18)26-24-22(29-31(26)4)10-9-20(14-27)25(24)28/h5-8,13-15,27H,9-12,16,28H2,1-4H3. The van der Waals surface area contributed by atoms with Crippen LogP contribution in [0.4, 0.5) is 0 Å². The smallest absolute Gasteiger partial charge is 0.241 e. The number of benzene rings is 1. The van der Waals surface area contributed by atoms with Gasteiger partial charge in [-0.05, 0) is 42.9 Å². The maximum atomic E-state index is 12.2. The highest BCUT2D eigenvalue weighted by molar-refractivity contribution is 5.93. The molecule has 0 radical (unpaired) electrons. The number of likely N-dealkylation sites (N-methyl/N-ethyl adjacent to an activating group) is 1. The molecule has 0 spiro atoms. The Morgan fingerprint density at radius 2 is 1.88 bits per heavy atom. The van der Waals surface area contributed by atoms with Crippen molar-refractivity contribution < 1.29 is 4.79 Å². The summed E-state index contributed by atoms with van der Waals surface area (Å²) in [5.74, 6) is 0.0939. The zero-order valence-corrected chi connectivity index (χ0v) is 19.9. The molecule has 7 nitrogen and oxygen atoms in total. The maximum Gasteiger partial charge on any atom is 0.241 e. The fourth-order valence-electron chi connectivity index (χ4n) is 4.44. The number of carbonyl (C=O) groups excluding carboxylic acids is 1. The number of aromatic nitrogens is 2. The average molecular weight is 445 g/mol. The van der Waals surface area contributed by atoms with E-state index in [1.54, 1.807) is 19.0 Å². The molecule has 0 bridgehead atoms. The number of hydrogen-bond donors (Lipinski definition) is 2. The molecule has 0 fully saturated rings. The number of nitrogens with zero attached hydrogens (tertiary/aromatic N) is 4. The van der Waals surface area contributed by atoms with Crippen molar-refractivity contribution in [2.45, 2.75) is 26.2 Å². The predicted octanol–water partition coefficient (Wildman–Crippen LogP) is 3.43. The van der Waals surface area contributed by atoms with Crippen LogP contribution >= 0.6 is 0 Å². The van der Waals surface area contributed by atoms with Crippen LogP contribution in [0, 0.1) is 5.41 Å². The molecule has 1 aliphatic carbocycles. The number of nitrogens with one attached hydrogen (secondary N) is 1. The second-order valence-corrected chi connectivity index (χ2v) is 9.04. The molecular weight excluding hydrogens is 412 g/mol. The third-order valence-electron chi connectivity index (χ3n) is 6.39. The molecule has 2 heterocycles. The van der Waals surface area contributed by atoms with Gasteiger partial charge in [-0.1, -0.05) is 35.9 Å². The first-order chi connectivity index (χ1) is 15.8. The number of rotatable bonds is 5. The van der Waals surface area contributed by atoms with Crippen LogP contribution in [0.1, 0.15) is 36.6 Å². The van der Waals surface area contributed by atoms with Crippen LogP contribution in [0.15, 0.2) is 47.7 Å².